The summed E-state index contributed by atoms with van der Waals surface area (Å²) in [5, 5.41) is 4.12. The molecular formula is C52H40Cl8F2N4O8S. The van der Waals surface area contributed by atoms with Gasteiger partial charge >= 0.3 is 0 Å². The molecule has 6 aromatic carbocycles. The van der Waals surface area contributed by atoms with Crippen molar-refractivity contribution in [1.82, 2.24) is 9.13 Å². The van der Waals surface area contributed by atoms with Gasteiger partial charge in [0.15, 0.2) is 13.1 Å². The maximum absolute atomic E-state index is 13.1. The molecule has 23 heteroatoms. The maximum Gasteiger partial charge on any atom is 0.244 e. The lowest BCUT2D eigenvalue weighted by Crippen LogP contribution is -2.35. The molecule has 0 aliphatic heterocycles. The molecular weight excluding hydrogens is 1160 g/mol. The topological polar surface area (TPSA) is 150 Å². The van der Waals surface area contributed by atoms with Crippen molar-refractivity contribution >= 4 is 115 Å². The zero-order valence-electron chi connectivity index (χ0n) is 38.7. The van der Waals surface area contributed by atoms with Crippen LogP contribution in [0.15, 0.2) is 159 Å². The highest BCUT2D eigenvalue weighted by Crippen LogP contribution is 2.33. The van der Waals surface area contributed by atoms with E-state index in [1.807, 2.05) is 45.8 Å². The predicted octanol–water partition coefficient (Wildman–Crippen LogP) is 13.4. The van der Waals surface area contributed by atoms with Gasteiger partial charge < -0.3 is 18.6 Å². The first kappa shape index (κ1) is 59.3. The van der Waals surface area contributed by atoms with Crippen LogP contribution in [-0.4, -0.2) is 38.2 Å². The quantitative estimate of drug-likeness (QED) is 0.0357. The number of hydrogen-bond donors (Lipinski definition) is 0. The molecule has 75 heavy (non-hydrogen) atoms. The number of ketones is 2. The van der Waals surface area contributed by atoms with Gasteiger partial charge in [-0.05, 0) is 108 Å². The number of nitrogens with zero attached hydrogens (tertiary/aromatic N) is 4. The van der Waals surface area contributed by atoms with Crippen LogP contribution in [-0.2, 0) is 59.3 Å². The van der Waals surface area contributed by atoms with Gasteiger partial charge in [-0.15, -0.1) is 0 Å². The Kier molecular flexibility index (Phi) is 22.1. The molecule has 0 saturated carbocycles. The predicted molar refractivity (Wildman–Crippen MR) is 282 cm³/mol. The average Bonchev–Trinajstić information content (AvgIpc) is 3.98. The number of imidazole rings is 2. The molecule has 0 spiro atoms. The third kappa shape index (κ3) is 19.2. The van der Waals surface area contributed by atoms with Gasteiger partial charge in [0.2, 0.25) is 24.2 Å². The van der Waals surface area contributed by atoms with Crippen LogP contribution in [0.4, 0.5) is 8.78 Å². The summed E-state index contributed by atoms with van der Waals surface area (Å²) in [5.74, 6) is -1.02. The fraction of sp³-hybridized carbons (Fsp3) is 0.154. The fourth-order valence-electron chi connectivity index (χ4n) is 7.11. The number of benzene rings is 6. The van der Waals surface area contributed by atoms with Gasteiger partial charge in [0.25, 0.3) is 0 Å². The van der Waals surface area contributed by atoms with Gasteiger partial charge in [-0.1, -0.05) is 117 Å². The lowest BCUT2D eigenvalue weighted by molar-refractivity contribution is -0.705. The summed E-state index contributed by atoms with van der Waals surface area (Å²) < 4.78 is 80.2. The van der Waals surface area contributed by atoms with Gasteiger partial charge in [-0.25, -0.2) is 27.0 Å². The highest BCUT2D eigenvalue weighted by atomic mass is 35.5. The Balaban J connectivity index is 0.000000224. The van der Waals surface area contributed by atoms with Gasteiger partial charge in [-0.2, -0.15) is 0 Å². The minimum atomic E-state index is -5.17. The van der Waals surface area contributed by atoms with Crippen molar-refractivity contribution in [1.29, 1.82) is 0 Å². The molecule has 2 atom stereocenters. The molecule has 0 fully saturated rings. The van der Waals surface area contributed by atoms with Crippen LogP contribution < -0.4 is 9.13 Å². The molecule has 2 unspecified atom stereocenters. The van der Waals surface area contributed by atoms with Crippen molar-refractivity contribution < 1.29 is 54.5 Å². The van der Waals surface area contributed by atoms with Crippen LogP contribution in [0.3, 0.4) is 0 Å². The van der Waals surface area contributed by atoms with E-state index < -0.39 is 22.6 Å². The zero-order valence-corrected chi connectivity index (χ0v) is 45.5. The minimum absolute atomic E-state index is 0.117. The second kappa shape index (κ2) is 27.9. The molecule has 2 heterocycles. The number of aromatic nitrogens is 4. The molecule has 0 bridgehead atoms. The van der Waals surface area contributed by atoms with Crippen LogP contribution in [0.5, 0.6) is 0 Å². The molecule has 0 N–H and O–H groups in total. The number of ether oxygens (including phenoxy) is 2. The van der Waals surface area contributed by atoms with Crippen molar-refractivity contribution in [2.45, 2.75) is 51.6 Å². The first-order chi connectivity index (χ1) is 35.6. The van der Waals surface area contributed by atoms with Crippen LogP contribution >= 0.6 is 92.8 Å². The van der Waals surface area contributed by atoms with E-state index in [9.17, 15) is 18.4 Å². The summed E-state index contributed by atoms with van der Waals surface area (Å²) in [4.78, 5) is 25.1. The van der Waals surface area contributed by atoms with E-state index in [2.05, 4.69) is 0 Å². The Morgan fingerprint density at radius 2 is 0.827 bits per heavy atom. The van der Waals surface area contributed by atoms with Crippen LogP contribution in [0.2, 0.25) is 40.2 Å². The van der Waals surface area contributed by atoms with Crippen LogP contribution in [0.25, 0.3) is 0 Å². The van der Waals surface area contributed by atoms with Gasteiger partial charge in [-0.3, -0.25) is 18.0 Å². The van der Waals surface area contributed by atoms with E-state index >= 15 is 0 Å². The van der Waals surface area contributed by atoms with E-state index in [1.54, 1.807) is 82.7 Å². The fourth-order valence-corrected chi connectivity index (χ4v) is 9.10. The van der Waals surface area contributed by atoms with E-state index in [-0.39, 0.29) is 49.5 Å². The molecule has 0 radical (unpaired) electrons. The number of carbonyl (C=O) groups excluding carboxylic acids is 2. The molecule has 0 aliphatic carbocycles. The highest BCUT2D eigenvalue weighted by Gasteiger charge is 2.23. The molecule has 2 aromatic heterocycles. The molecule has 0 saturated heterocycles. The molecule has 8 aromatic rings. The first-order valence-corrected chi connectivity index (χ1v) is 26.3. The van der Waals surface area contributed by atoms with Crippen LogP contribution in [0.1, 0.15) is 55.2 Å². The summed E-state index contributed by atoms with van der Waals surface area (Å²) in [7, 11) is -5.17. The monoisotopic (exact) mass is 1200 g/mol. The normalized spacial score (nSPS) is 12.0. The van der Waals surface area contributed by atoms with E-state index in [4.69, 9.17) is 120 Å². The van der Waals surface area contributed by atoms with Crippen LogP contribution in [0, 0.1) is 11.6 Å². The Morgan fingerprint density at radius 3 is 1.15 bits per heavy atom. The van der Waals surface area contributed by atoms with Crippen molar-refractivity contribution in [3.63, 3.8) is 0 Å². The second-order valence-electron chi connectivity index (χ2n) is 16.2. The number of hydrogen-bond acceptors (Lipinski definition) is 8. The summed E-state index contributed by atoms with van der Waals surface area (Å²) in [6, 6.07) is 32.0. The van der Waals surface area contributed by atoms with Gasteiger partial charge in [0.1, 0.15) is 61.7 Å². The SMILES string of the molecule is O=C(Cn1cc[n+](CC(OCc2ccc(Cl)cc2Cl)c2ccc(Cl)cc2Cl)c1)c1ccc(F)cc1.O=C(Cn1cc[n+](CC(OCc2ccc(Cl)cc2Cl)c2ccc(Cl)cc2Cl)c1)c1ccc(F)cc1.O=S(=O)([O-])[O-]. The number of Topliss-reactive ketones (excluding diaryl/α,β-unsaturated/α-hetero) is 2. The standard InChI is InChI=1S/2C26H20Cl4FN2O2.H2O4S/c2*27-19-4-1-18(23(29)11-19)15-35-26(22-8-5-20(28)12-24(22)30)14-33-10-9-32(16-33)13-25(34)17-2-6-21(31)7-3-17;1-5(2,3)4/h2*1-12,16,26H,13-15H2;(H2,1,2,3,4)/q2*+1;/p-2. The number of rotatable bonds is 18. The molecule has 8 rings (SSSR count). The molecule has 392 valence electrons. The van der Waals surface area contributed by atoms with Gasteiger partial charge in [0.05, 0.1) is 13.2 Å². The van der Waals surface area contributed by atoms with Crippen molar-refractivity contribution in [2.24, 2.45) is 0 Å². The summed E-state index contributed by atoms with van der Waals surface area (Å²) >= 11 is 49.8. The Morgan fingerprint density at radius 1 is 0.507 bits per heavy atom. The van der Waals surface area contributed by atoms with Crippen molar-refractivity contribution in [2.75, 3.05) is 0 Å². The van der Waals surface area contributed by atoms with E-state index in [1.165, 1.54) is 48.5 Å². The largest absolute Gasteiger partial charge is 0.759 e. The lowest BCUT2D eigenvalue weighted by atomic mass is 10.1. The smallest absolute Gasteiger partial charge is 0.244 e. The summed E-state index contributed by atoms with van der Waals surface area (Å²) in [5.41, 5.74) is 4.01. The van der Waals surface area contributed by atoms with E-state index in [0.717, 1.165) is 22.3 Å². The number of carbonyl (C=O) groups is 2. The second-order valence-corrected chi connectivity index (χ2v) is 20.4. The molecule has 12 nitrogen and oxygen atoms in total. The molecule has 0 aliphatic rings. The third-order valence-corrected chi connectivity index (χ3v) is 13.1. The lowest BCUT2D eigenvalue weighted by Gasteiger charge is -2.19. The number of halogens is 10. The van der Waals surface area contributed by atoms with Gasteiger partial charge in [0, 0.05) is 72.8 Å². The Labute approximate surface area is 470 Å². The highest BCUT2D eigenvalue weighted by molar-refractivity contribution is 7.79. The zero-order chi connectivity index (χ0) is 54.4. The molecule has 0 amide bonds. The summed E-state index contributed by atoms with van der Waals surface area (Å²) in [6.07, 6.45) is 10.0. The van der Waals surface area contributed by atoms with E-state index in [0.29, 0.717) is 64.4 Å². The summed E-state index contributed by atoms with van der Waals surface area (Å²) in [6.45, 7) is 1.56. The first-order valence-electron chi connectivity index (χ1n) is 21.9. The third-order valence-electron chi connectivity index (χ3n) is 10.8. The minimum Gasteiger partial charge on any atom is -0.759 e. The van der Waals surface area contributed by atoms with Crippen molar-refractivity contribution in [3.8, 4) is 0 Å². The Bertz CT molecular complexity index is 3150. The average molecular weight is 1200 g/mol. The van der Waals surface area contributed by atoms with Crippen molar-refractivity contribution in [3.05, 3.63) is 244 Å². The Hall–Kier alpha value is -4.95. The maximum atomic E-state index is 13.1.